The zero-order valence-corrected chi connectivity index (χ0v) is 7.07. The summed E-state index contributed by atoms with van der Waals surface area (Å²) < 4.78 is 12.9. The lowest BCUT2D eigenvalue weighted by Crippen LogP contribution is -2.02. The van der Waals surface area contributed by atoms with Crippen LogP contribution in [0.15, 0.2) is 30.3 Å². The number of carboxylic acids is 1. The van der Waals surface area contributed by atoms with Gasteiger partial charge < -0.3 is 5.11 Å². The standard InChI is InChI=1S/C10H6FNO2/c11-8-5-6-3-1-2-4-7(6)9(12-8)10(13)14/h1-5H,(H,13,14). The molecule has 2 aromatic rings. The SMILES string of the molecule is O=C(O)c1nc(F)cc2ccccc12. The van der Waals surface area contributed by atoms with E-state index in [1.807, 2.05) is 0 Å². The predicted molar refractivity (Wildman–Crippen MR) is 48.7 cm³/mol. The Morgan fingerprint density at radius 2 is 2.07 bits per heavy atom. The molecule has 0 unspecified atom stereocenters. The zero-order valence-electron chi connectivity index (χ0n) is 7.07. The molecule has 1 aromatic carbocycles. The minimum Gasteiger partial charge on any atom is -0.476 e. The van der Waals surface area contributed by atoms with Crippen LogP contribution in [-0.4, -0.2) is 16.1 Å². The summed E-state index contributed by atoms with van der Waals surface area (Å²) in [7, 11) is 0. The van der Waals surface area contributed by atoms with Crippen molar-refractivity contribution in [3.05, 3.63) is 42.0 Å². The summed E-state index contributed by atoms with van der Waals surface area (Å²) in [5, 5.41) is 9.76. The van der Waals surface area contributed by atoms with E-state index in [0.717, 1.165) is 0 Å². The number of hydrogen-bond donors (Lipinski definition) is 1. The average Bonchev–Trinajstić information content (AvgIpc) is 2.16. The monoisotopic (exact) mass is 191 g/mol. The number of aromatic carboxylic acids is 1. The van der Waals surface area contributed by atoms with Crippen LogP contribution in [-0.2, 0) is 0 Å². The summed E-state index contributed by atoms with van der Waals surface area (Å²) in [5.41, 5.74) is -0.249. The van der Waals surface area contributed by atoms with Crippen LogP contribution in [0.5, 0.6) is 0 Å². The Balaban J connectivity index is 2.87. The molecule has 70 valence electrons. The summed E-state index contributed by atoms with van der Waals surface area (Å²) in [5.74, 6) is -2.00. The second-order valence-corrected chi connectivity index (χ2v) is 2.82. The third-order valence-corrected chi connectivity index (χ3v) is 1.91. The molecule has 1 N–H and O–H groups in total. The molecule has 2 rings (SSSR count). The zero-order chi connectivity index (χ0) is 10.1. The number of carboxylic acid groups (broad SMARTS) is 1. The minimum atomic E-state index is -1.22. The third-order valence-electron chi connectivity index (χ3n) is 1.91. The maximum Gasteiger partial charge on any atom is 0.355 e. The maximum absolute atomic E-state index is 12.9. The first-order valence-corrected chi connectivity index (χ1v) is 3.97. The molecule has 0 saturated heterocycles. The first kappa shape index (κ1) is 8.62. The summed E-state index contributed by atoms with van der Waals surface area (Å²) in [6, 6.07) is 7.86. The smallest absolute Gasteiger partial charge is 0.355 e. The fourth-order valence-corrected chi connectivity index (χ4v) is 1.33. The van der Waals surface area contributed by atoms with Gasteiger partial charge >= 0.3 is 5.97 Å². The highest BCUT2D eigenvalue weighted by atomic mass is 19.1. The number of rotatable bonds is 1. The normalized spacial score (nSPS) is 10.4. The predicted octanol–water partition coefficient (Wildman–Crippen LogP) is 2.07. The van der Waals surface area contributed by atoms with Crippen LogP contribution in [0.3, 0.4) is 0 Å². The molecule has 0 radical (unpaired) electrons. The van der Waals surface area contributed by atoms with Gasteiger partial charge in [-0.3, -0.25) is 0 Å². The minimum absolute atomic E-state index is 0.249. The van der Waals surface area contributed by atoms with E-state index in [1.165, 1.54) is 6.07 Å². The number of fused-ring (bicyclic) bond motifs is 1. The number of carbonyl (C=O) groups is 1. The van der Waals surface area contributed by atoms with Crippen molar-refractivity contribution < 1.29 is 14.3 Å². The Kier molecular flexibility index (Phi) is 1.89. The van der Waals surface area contributed by atoms with Crippen LogP contribution < -0.4 is 0 Å². The van der Waals surface area contributed by atoms with Crippen LogP contribution in [0.4, 0.5) is 4.39 Å². The Hall–Kier alpha value is -1.97. The van der Waals surface area contributed by atoms with Gasteiger partial charge in [0, 0.05) is 11.5 Å². The molecular weight excluding hydrogens is 185 g/mol. The number of halogens is 1. The molecule has 3 nitrogen and oxygen atoms in total. The largest absolute Gasteiger partial charge is 0.476 e. The molecule has 0 fully saturated rings. The molecule has 0 aliphatic heterocycles. The van der Waals surface area contributed by atoms with E-state index in [4.69, 9.17) is 5.11 Å². The fourth-order valence-electron chi connectivity index (χ4n) is 1.33. The van der Waals surface area contributed by atoms with Gasteiger partial charge in [-0.25, -0.2) is 9.78 Å². The first-order valence-electron chi connectivity index (χ1n) is 3.97. The quantitative estimate of drug-likeness (QED) is 0.702. The van der Waals surface area contributed by atoms with Crippen molar-refractivity contribution in [1.82, 2.24) is 4.98 Å². The molecule has 4 heteroatoms. The van der Waals surface area contributed by atoms with Crippen LogP contribution >= 0.6 is 0 Å². The van der Waals surface area contributed by atoms with E-state index in [0.29, 0.717) is 10.8 Å². The molecule has 0 amide bonds. The van der Waals surface area contributed by atoms with E-state index < -0.39 is 11.9 Å². The maximum atomic E-state index is 12.9. The highest BCUT2D eigenvalue weighted by molar-refractivity contribution is 6.01. The van der Waals surface area contributed by atoms with E-state index in [-0.39, 0.29) is 5.69 Å². The van der Waals surface area contributed by atoms with E-state index in [9.17, 15) is 9.18 Å². The van der Waals surface area contributed by atoms with Gasteiger partial charge in [-0.15, -0.1) is 0 Å². The Labute approximate surface area is 78.8 Å². The fraction of sp³-hybridized carbons (Fsp3) is 0. The van der Waals surface area contributed by atoms with Crippen molar-refractivity contribution in [3.8, 4) is 0 Å². The van der Waals surface area contributed by atoms with E-state index in [1.54, 1.807) is 24.3 Å². The molecular formula is C10H6FNO2. The molecule has 0 aliphatic rings. The van der Waals surface area contributed by atoms with Gasteiger partial charge in [0.1, 0.15) is 0 Å². The Morgan fingerprint density at radius 3 is 2.79 bits per heavy atom. The molecule has 0 spiro atoms. The third kappa shape index (κ3) is 1.31. The van der Waals surface area contributed by atoms with Crippen molar-refractivity contribution in [3.63, 3.8) is 0 Å². The first-order chi connectivity index (χ1) is 6.68. The van der Waals surface area contributed by atoms with Gasteiger partial charge in [-0.05, 0) is 5.39 Å². The number of pyridine rings is 1. The second-order valence-electron chi connectivity index (χ2n) is 2.82. The highest BCUT2D eigenvalue weighted by Crippen LogP contribution is 2.17. The lowest BCUT2D eigenvalue weighted by Gasteiger charge is -2.00. The Bertz CT molecular complexity index is 510. The number of benzene rings is 1. The highest BCUT2D eigenvalue weighted by Gasteiger charge is 2.11. The van der Waals surface area contributed by atoms with Crippen molar-refractivity contribution in [2.24, 2.45) is 0 Å². The molecule has 14 heavy (non-hydrogen) atoms. The Morgan fingerprint density at radius 1 is 1.36 bits per heavy atom. The number of nitrogens with zero attached hydrogens (tertiary/aromatic N) is 1. The summed E-state index contributed by atoms with van der Waals surface area (Å²) in [6.45, 7) is 0. The van der Waals surface area contributed by atoms with Crippen molar-refractivity contribution in [1.29, 1.82) is 0 Å². The summed E-state index contributed by atoms with van der Waals surface area (Å²) in [4.78, 5) is 14.1. The summed E-state index contributed by atoms with van der Waals surface area (Å²) in [6.07, 6.45) is 0. The van der Waals surface area contributed by atoms with Crippen molar-refractivity contribution in [2.45, 2.75) is 0 Å². The van der Waals surface area contributed by atoms with Crippen LogP contribution in [0.25, 0.3) is 10.8 Å². The molecule has 1 heterocycles. The molecule has 0 aliphatic carbocycles. The van der Waals surface area contributed by atoms with Crippen molar-refractivity contribution in [2.75, 3.05) is 0 Å². The molecule has 1 aromatic heterocycles. The van der Waals surface area contributed by atoms with E-state index in [2.05, 4.69) is 4.98 Å². The molecule has 0 atom stereocenters. The van der Waals surface area contributed by atoms with E-state index >= 15 is 0 Å². The van der Waals surface area contributed by atoms with Crippen molar-refractivity contribution >= 4 is 16.7 Å². The van der Waals surface area contributed by atoms with Gasteiger partial charge in [0.2, 0.25) is 5.95 Å². The van der Waals surface area contributed by atoms with Crippen LogP contribution in [0.2, 0.25) is 0 Å². The van der Waals surface area contributed by atoms with Gasteiger partial charge in [0.05, 0.1) is 0 Å². The topological polar surface area (TPSA) is 50.2 Å². The number of aromatic nitrogens is 1. The van der Waals surface area contributed by atoms with Crippen LogP contribution in [0.1, 0.15) is 10.5 Å². The lowest BCUT2D eigenvalue weighted by atomic mass is 10.1. The van der Waals surface area contributed by atoms with Gasteiger partial charge in [0.15, 0.2) is 5.69 Å². The second kappa shape index (κ2) is 3.06. The lowest BCUT2D eigenvalue weighted by molar-refractivity contribution is 0.0691. The van der Waals surface area contributed by atoms with Gasteiger partial charge in [-0.1, -0.05) is 24.3 Å². The number of hydrogen-bond acceptors (Lipinski definition) is 2. The summed E-state index contributed by atoms with van der Waals surface area (Å²) >= 11 is 0. The average molecular weight is 191 g/mol. The van der Waals surface area contributed by atoms with Gasteiger partial charge in [-0.2, -0.15) is 4.39 Å². The molecule has 0 bridgehead atoms. The van der Waals surface area contributed by atoms with Crippen LogP contribution in [0, 0.1) is 5.95 Å². The molecule has 0 saturated carbocycles. The van der Waals surface area contributed by atoms with Gasteiger partial charge in [0.25, 0.3) is 0 Å².